The zero-order chi connectivity index (χ0) is 13.8. The molecule has 0 spiro atoms. The number of nitrogens with two attached hydrogens (primary N) is 1. The molecule has 18 heavy (non-hydrogen) atoms. The van der Waals surface area contributed by atoms with Gasteiger partial charge < -0.3 is 10.7 Å². The van der Waals surface area contributed by atoms with Gasteiger partial charge in [0.1, 0.15) is 5.82 Å². The van der Waals surface area contributed by atoms with Crippen LogP contribution in [0.4, 0.5) is 11.6 Å². The van der Waals surface area contributed by atoms with Gasteiger partial charge in [-0.15, -0.1) is 0 Å². The van der Waals surface area contributed by atoms with Crippen molar-refractivity contribution in [2.45, 2.75) is 0 Å². The number of hydrazine groups is 1. The van der Waals surface area contributed by atoms with E-state index in [4.69, 9.17) is 29.0 Å². The molecule has 10 heteroatoms. The number of hydrogen-bond donors (Lipinski definition) is 4. The molecule has 102 valence electrons. The first-order valence-electron chi connectivity index (χ1n) is 4.84. The van der Waals surface area contributed by atoms with Gasteiger partial charge in [-0.2, -0.15) is 0 Å². The quantitative estimate of drug-likeness (QED) is 0.348. The van der Waals surface area contributed by atoms with Gasteiger partial charge >= 0.3 is 0 Å². The van der Waals surface area contributed by atoms with E-state index in [9.17, 15) is 8.42 Å². The van der Waals surface area contributed by atoms with Crippen LogP contribution >= 0.6 is 23.2 Å². The first-order valence-corrected chi connectivity index (χ1v) is 7.49. The lowest BCUT2D eigenvalue weighted by Gasteiger charge is -2.10. The van der Waals surface area contributed by atoms with E-state index in [1.54, 1.807) is 0 Å². The summed E-state index contributed by atoms with van der Waals surface area (Å²) in [5, 5.41) is 3.47. The van der Waals surface area contributed by atoms with E-state index in [1.807, 2.05) is 0 Å². The third-order valence-corrected chi connectivity index (χ3v) is 3.15. The Morgan fingerprint density at radius 1 is 1.28 bits per heavy atom. The van der Waals surface area contributed by atoms with Crippen molar-refractivity contribution in [2.75, 3.05) is 30.1 Å². The van der Waals surface area contributed by atoms with Crippen LogP contribution in [0.1, 0.15) is 0 Å². The Bertz CT molecular complexity index is 522. The van der Waals surface area contributed by atoms with E-state index >= 15 is 0 Å². The average Bonchev–Trinajstić information content (AvgIpc) is 2.25. The molecular weight excluding hydrogens is 301 g/mol. The number of nitrogens with zero attached hydrogens (tertiary/aromatic N) is 1. The van der Waals surface area contributed by atoms with Crippen LogP contribution in [-0.4, -0.2) is 32.7 Å². The van der Waals surface area contributed by atoms with Gasteiger partial charge in [0.25, 0.3) is 0 Å². The molecule has 1 heterocycles. The number of halogens is 2. The van der Waals surface area contributed by atoms with Crippen molar-refractivity contribution in [2.24, 2.45) is 5.84 Å². The van der Waals surface area contributed by atoms with E-state index in [1.165, 1.54) is 6.07 Å². The Labute approximate surface area is 115 Å². The molecule has 0 aliphatic carbocycles. The second-order valence-corrected chi connectivity index (χ2v) is 6.03. The molecule has 0 saturated carbocycles. The number of sulfonamides is 1. The molecule has 0 atom stereocenters. The summed E-state index contributed by atoms with van der Waals surface area (Å²) in [6, 6.07) is 1.48. The van der Waals surface area contributed by atoms with E-state index < -0.39 is 10.0 Å². The number of anilines is 2. The van der Waals surface area contributed by atoms with E-state index in [0.29, 0.717) is 22.4 Å². The van der Waals surface area contributed by atoms with Crippen molar-refractivity contribution in [1.29, 1.82) is 0 Å². The minimum absolute atomic E-state index is 0.213. The summed E-state index contributed by atoms with van der Waals surface area (Å²) in [4.78, 5) is 4.04. The van der Waals surface area contributed by atoms with Crippen molar-refractivity contribution in [3.05, 3.63) is 16.1 Å². The summed E-state index contributed by atoms with van der Waals surface area (Å²) in [5.41, 5.74) is 2.32. The van der Waals surface area contributed by atoms with Gasteiger partial charge in [-0.1, -0.05) is 23.2 Å². The van der Waals surface area contributed by atoms with Crippen LogP contribution in [-0.2, 0) is 10.0 Å². The first-order chi connectivity index (χ1) is 8.33. The maximum absolute atomic E-state index is 10.8. The molecule has 1 aromatic heterocycles. The molecule has 1 rings (SSSR count). The first kappa shape index (κ1) is 15.3. The Hall–Kier alpha value is -0.800. The van der Waals surface area contributed by atoms with Crippen LogP contribution in [0, 0.1) is 0 Å². The zero-order valence-electron chi connectivity index (χ0n) is 9.50. The average molecular weight is 314 g/mol. The number of pyridine rings is 1. The summed E-state index contributed by atoms with van der Waals surface area (Å²) in [6.07, 6.45) is 1.08. The van der Waals surface area contributed by atoms with Crippen molar-refractivity contribution >= 4 is 44.9 Å². The molecule has 0 fully saturated rings. The van der Waals surface area contributed by atoms with Gasteiger partial charge in [0.15, 0.2) is 5.82 Å². The predicted octanol–water partition coefficient (Wildman–Crippen LogP) is 0.635. The highest BCUT2D eigenvalue weighted by molar-refractivity contribution is 7.88. The molecule has 0 unspecified atom stereocenters. The van der Waals surface area contributed by atoms with E-state index in [0.717, 1.165) is 6.26 Å². The fourth-order valence-corrected chi connectivity index (χ4v) is 2.06. The van der Waals surface area contributed by atoms with Crippen LogP contribution in [0.2, 0.25) is 10.0 Å². The lowest BCUT2D eigenvalue weighted by atomic mass is 10.4. The molecule has 0 aliphatic rings. The maximum Gasteiger partial charge on any atom is 0.208 e. The second kappa shape index (κ2) is 6.39. The minimum Gasteiger partial charge on any atom is -0.367 e. The lowest BCUT2D eigenvalue weighted by molar-refractivity contribution is 0.589. The third-order valence-electron chi connectivity index (χ3n) is 1.85. The highest BCUT2D eigenvalue weighted by Gasteiger charge is 2.08. The zero-order valence-corrected chi connectivity index (χ0v) is 11.8. The van der Waals surface area contributed by atoms with Crippen molar-refractivity contribution in [3.63, 3.8) is 0 Å². The van der Waals surface area contributed by atoms with Crippen molar-refractivity contribution in [3.8, 4) is 0 Å². The highest BCUT2D eigenvalue weighted by Crippen LogP contribution is 2.28. The molecule has 0 radical (unpaired) electrons. The Morgan fingerprint density at radius 3 is 2.44 bits per heavy atom. The fourth-order valence-electron chi connectivity index (χ4n) is 1.11. The molecule has 5 N–H and O–H groups in total. The summed E-state index contributed by atoms with van der Waals surface area (Å²) in [5.74, 6) is 5.86. The topological polar surface area (TPSA) is 109 Å². The van der Waals surface area contributed by atoms with Crippen LogP contribution in [0.25, 0.3) is 0 Å². The summed E-state index contributed by atoms with van der Waals surface area (Å²) in [6.45, 7) is 0.538. The van der Waals surface area contributed by atoms with Gasteiger partial charge in [0, 0.05) is 13.1 Å². The van der Waals surface area contributed by atoms with Crippen LogP contribution < -0.4 is 21.3 Å². The molecule has 0 saturated heterocycles. The molecule has 0 aromatic carbocycles. The molecule has 0 amide bonds. The molecule has 0 aliphatic heterocycles. The van der Waals surface area contributed by atoms with Gasteiger partial charge in [-0.3, -0.25) is 0 Å². The number of hydrogen-bond acceptors (Lipinski definition) is 6. The largest absolute Gasteiger partial charge is 0.367 e. The lowest BCUT2D eigenvalue weighted by Crippen LogP contribution is -2.27. The Kier molecular flexibility index (Phi) is 5.42. The van der Waals surface area contributed by atoms with Gasteiger partial charge in [-0.05, 0) is 6.07 Å². The molecule has 0 bridgehead atoms. The smallest absolute Gasteiger partial charge is 0.208 e. The highest BCUT2D eigenvalue weighted by atomic mass is 35.5. The number of nitrogen functional groups attached to an aromatic ring is 1. The summed E-state index contributed by atoms with van der Waals surface area (Å²) >= 11 is 11.7. The fraction of sp³-hybridized carbons (Fsp3) is 0.375. The SMILES string of the molecule is CS(=O)(=O)NCCNc1nc(NN)c(Cl)cc1Cl. The third kappa shape index (κ3) is 4.83. The van der Waals surface area contributed by atoms with Crippen molar-refractivity contribution < 1.29 is 8.42 Å². The van der Waals surface area contributed by atoms with E-state index in [-0.39, 0.29) is 12.4 Å². The van der Waals surface area contributed by atoms with E-state index in [2.05, 4.69) is 20.4 Å². The second-order valence-electron chi connectivity index (χ2n) is 3.39. The Balaban J connectivity index is 2.62. The van der Waals surface area contributed by atoms with Crippen LogP contribution in [0.5, 0.6) is 0 Å². The summed E-state index contributed by atoms with van der Waals surface area (Å²) < 4.78 is 24.0. The molecule has 1 aromatic rings. The number of aromatic nitrogens is 1. The number of rotatable bonds is 6. The molecule has 7 nitrogen and oxygen atoms in total. The molecular formula is C8H13Cl2N5O2S. The monoisotopic (exact) mass is 313 g/mol. The Morgan fingerprint density at radius 2 is 1.89 bits per heavy atom. The number of nitrogens with one attached hydrogen (secondary N) is 3. The van der Waals surface area contributed by atoms with Crippen molar-refractivity contribution in [1.82, 2.24) is 9.71 Å². The summed E-state index contributed by atoms with van der Waals surface area (Å²) in [7, 11) is -3.21. The standard InChI is InChI=1S/C8H13Cl2N5O2S/c1-18(16,17)13-3-2-12-7-5(9)4-6(10)8(14-7)15-11/h4,13H,2-3,11H2,1H3,(H2,12,14,15). The van der Waals surface area contributed by atoms with Crippen LogP contribution in [0.15, 0.2) is 6.07 Å². The predicted molar refractivity (Wildman–Crippen MR) is 73.4 cm³/mol. The minimum atomic E-state index is -3.21. The maximum atomic E-state index is 10.8. The normalized spacial score (nSPS) is 11.3. The van der Waals surface area contributed by atoms with Gasteiger partial charge in [0.2, 0.25) is 10.0 Å². The van der Waals surface area contributed by atoms with Gasteiger partial charge in [0.05, 0.1) is 16.3 Å². The van der Waals surface area contributed by atoms with Gasteiger partial charge in [-0.25, -0.2) is 24.0 Å². The van der Waals surface area contributed by atoms with Crippen LogP contribution in [0.3, 0.4) is 0 Å².